The van der Waals surface area contributed by atoms with Gasteiger partial charge < -0.3 is 5.32 Å². The molecule has 1 aliphatic rings. The number of aromatic nitrogens is 2. The smallest absolute Gasteiger partial charge is 0.229 e. The number of allylic oxidation sites excluding steroid dienone is 2. The van der Waals surface area contributed by atoms with Crippen LogP contribution in [0.25, 0.3) is 0 Å². The van der Waals surface area contributed by atoms with Crippen LogP contribution < -0.4 is 5.32 Å². The topological polar surface area (TPSA) is 54.9 Å². The predicted octanol–water partition coefficient (Wildman–Crippen LogP) is 3.11. The standard InChI is InChI=1S/C12H15N3OS2/c1-2-8-17-12-15-14-11(18-12)13-10(16)9-6-4-3-5-7-9/h2-4,9H,1,5-8H2,(H,13,14,16). The van der Waals surface area contributed by atoms with Gasteiger partial charge in [-0.1, -0.05) is 41.3 Å². The Morgan fingerprint density at radius 1 is 1.61 bits per heavy atom. The van der Waals surface area contributed by atoms with Gasteiger partial charge in [-0.05, 0) is 19.3 Å². The second-order valence-corrected chi connectivity index (χ2v) is 6.19. The van der Waals surface area contributed by atoms with E-state index in [-0.39, 0.29) is 11.8 Å². The summed E-state index contributed by atoms with van der Waals surface area (Å²) >= 11 is 2.98. The molecule has 1 aromatic heterocycles. The van der Waals surface area contributed by atoms with Gasteiger partial charge in [0.15, 0.2) is 4.34 Å². The van der Waals surface area contributed by atoms with Crippen molar-refractivity contribution in [3.8, 4) is 0 Å². The number of carbonyl (C=O) groups is 1. The lowest BCUT2D eigenvalue weighted by atomic mass is 9.94. The summed E-state index contributed by atoms with van der Waals surface area (Å²) in [5.41, 5.74) is 0. The molecule has 4 nitrogen and oxygen atoms in total. The fourth-order valence-corrected chi connectivity index (χ4v) is 3.20. The Kier molecular flexibility index (Phi) is 4.95. The molecule has 0 radical (unpaired) electrons. The van der Waals surface area contributed by atoms with E-state index >= 15 is 0 Å². The molecular formula is C12H15N3OS2. The molecule has 0 aliphatic heterocycles. The lowest BCUT2D eigenvalue weighted by Gasteiger charge is -2.15. The Balaban J connectivity index is 1.88. The van der Waals surface area contributed by atoms with E-state index in [4.69, 9.17) is 0 Å². The van der Waals surface area contributed by atoms with E-state index in [2.05, 4.69) is 34.2 Å². The van der Waals surface area contributed by atoms with Crippen molar-refractivity contribution < 1.29 is 4.79 Å². The Labute approximate surface area is 115 Å². The van der Waals surface area contributed by atoms with Crippen molar-refractivity contribution in [2.75, 3.05) is 11.1 Å². The van der Waals surface area contributed by atoms with Crippen molar-refractivity contribution in [2.45, 2.75) is 23.6 Å². The molecule has 1 unspecified atom stereocenters. The van der Waals surface area contributed by atoms with Gasteiger partial charge in [0.25, 0.3) is 0 Å². The minimum Gasteiger partial charge on any atom is -0.300 e. The number of anilines is 1. The van der Waals surface area contributed by atoms with Gasteiger partial charge in [-0.2, -0.15) is 0 Å². The zero-order valence-corrected chi connectivity index (χ0v) is 11.6. The maximum atomic E-state index is 12.0. The molecule has 1 aromatic rings. The highest BCUT2D eigenvalue weighted by Gasteiger charge is 2.19. The summed E-state index contributed by atoms with van der Waals surface area (Å²) in [5, 5.41) is 11.4. The van der Waals surface area contributed by atoms with Crippen LogP contribution in [0.3, 0.4) is 0 Å². The van der Waals surface area contributed by atoms with E-state index < -0.39 is 0 Å². The summed E-state index contributed by atoms with van der Waals surface area (Å²) < 4.78 is 0.855. The van der Waals surface area contributed by atoms with Gasteiger partial charge in [-0.3, -0.25) is 4.79 Å². The molecule has 1 atom stereocenters. The number of nitrogens with one attached hydrogen (secondary N) is 1. The lowest BCUT2D eigenvalue weighted by molar-refractivity contribution is -0.120. The van der Waals surface area contributed by atoms with Crippen LogP contribution in [0.1, 0.15) is 19.3 Å². The molecule has 18 heavy (non-hydrogen) atoms. The van der Waals surface area contributed by atoms with Crippen molar-refractivity contribution in [3.05, 3.63) is 24.8 Å². The lowest BCUT2D eigenvalue weighted by Crippen LogP contribution is -2.23. The Morgan fingerprint density at radius 3 is 3.22 bits per heavy atom. The molecule has 6 heteroatoms. The van der Waals surface area contributed by atoms with Crippen molar-refractivity contribution in [1.29, 1.82) is 0 Å². The van der Waals surface area contributed by atoms with Crippen LogP contribution in [0.4, 0.5) is 5.13 Å². The highest BCUT2D eigenvalue weighted by atomic mass is 32.2. The molecule has 1 amide bonds. The first-order valence-electron chi connectivity index (χ1n) is 5.82. The van der Waals surface area contributed by atoms with Crippen molar-refractivity contribution >= 4 is 34.1 Å². The first kappa shape index (κ1) is 13.3. The Bertz CT molecular complexity index is 456. The molecule has 0 fully saturated rings. The number of hydrogen-bond donors (Lipinski definition) is 1. The molecule has 96 valence electrons. The molecule has 0 spiro atoms. The minimum absolute atomic E-state index is 0.0516. The Hall–Kier alpha value is -1.14. The summed E-state index contributed by atoms with van der Waals surface area (Å²) in [6.07, 6.45) is 8.73. The molecule has 0 aromatic carbocycles. The maximum Gasteiger partial charge on any atom is 0.229 e. The third kappa shape index (κ3) is 3.68. The van der Waals surface area contributed by atoms with Gasteiger partial charge in [0.05, 0.1) is 0 Å². The van der Waals surface area contributed by atoms with Gasteiger partial charge in [0, 0.05) is 11.7 Å². The van der Waals surface area contributed by atoms with E-state index in [0.717, 1.165) is 29.4 Å². The van der Waals surface area contributed by atoms with Crippen LogP contribution >= 0.6 is 23.1 Å². The van der Waals surface area contributed by atoms with Crippen molar-refractivity contribution in [2.24, 2.45) is 5.92 Å². The largest absolute Gasteiger partial charge is 0.300 e. The summed E-state index contributed by atoms with van der Waals surface area (Å²) in [5.74, 6) is 0.926. The number of amides is 1. The van der Waals surface area contributed by atoms with Gasteiger partial charge in [-0.25, -0.2) is 0 Å². The second-order valence-electron chi connectivity index (χ2n) is 3.94. The average molecular weight is 281 g/mol. The van der Waals surface area contributed by atoms with Gasteiger partial charge in [0.1, 0.15) is 0 Å². The summed E-state index contributed by atoms with van der Waals surface area (Å²) in [6, 6.07) is 0. The molecule has 1 aliphatic carbocycles. The number of nitrogens with zero attached hydrogens (tertiary/aromatic N) is 2. The van der Waals surface area contributed by atoms with E-state index in [0.29, 0.717) is 5.13 Å². The van der Waals surface area contributed by atoms with Crippen LogP contribution in [-0.4, -0.2) is 21.9 Å². The number of thioether (sulfide) groups is 1. The van der Waals surface area contributed by atoms with Crippen LogP contribution in [0.5, 0.6) is 0 Å². The SMILES string of the molecule is C=CCSc1nnc(NC(=O)C2CC=CCC2)s1. The quantitative estimate of drug-likeness (QED) is 0.512. The van der Waals surface area contributed by atoms with Crippen molar-refractivity contribution in [3.63, 3.8) is 0 Å². The fourth-order valence-electron chi connectivity index (χ4n) is 1.69. The predicted molar refractivity (Wildman–Crippen MR) is 75.9 cm³/mol. The fraction of sp³-hybridized carbons (Fsp3) is 0.417. The average Bonchev–Trinajstić information content (AvgIpc) is 2.85. The number of rotatable bonds is 5. The van der Waals surface area contributed by atoms with Crippen LogP contribution in [0, 0.1) is 5.92 Å². The summed E-state index contributed by atoms with van der Waals surface area (Å²) in [4.78, 5) is 12.0. The van der Waals surface area contributed by atoms with Crippen LogP contribution in [0.15, 0.2) is 29.1 Å². The molecule has 2 rings (SSSR count). The third-order valence-corrected chi connectivity index (χ3v) is 4.57. The van der Waals surface area contributed by atoms with Crippen LogP contribution in [0.2, 0.25) is 0 Å². The highest BCUT2D eigenvalue weighted by molar-refractivity contribution is 8.01. The monoisotopic (exact) mass is 281 g/mol. The Morgan fingerprint density at radius 2 is 2.50 bits per heavy atom. The van der Waals surface area contributed by atoms with Gasteiger partial charge in [0.2, 0.25) is 11.0 Å². The molecule has 1 N–H and O–H groups in total. The first-order chi connectivity index (χ1) is 8.79. The normalized spacial score (nSPS) is 18.6. The van der Waals surface area contributed by atoms with Crippen molar-refractivity contribution in [1.82, 2.24) is 10.2 Å². The maximum absolute atomic E-state index is 12.0. The third-order valence-electron chi connectivity index (χ3n) is 2.60. The van der Waals surface area contributed by atoms with Gasteiger partial charge in [-0.15, -0.1) is 16.8 Å². The first-order valence-corrected chi connectivity index (χ1v) is 7.63. The molecule has 0 saturated heterocycles. The zero-order valence-electron chi connectivity index (χ0n) is 9.96. The van der Waals surface area contributed by atoms with Gasteiger partial charge >= 0.3 is 0 Å². The summed E-state index contributed by atoms with van der Waals surface area (Å²) in [6.45, 7) is 3.65. The highest BCUT2D eigenvalue weighted by Crippen LogP contribution is 2.26. The molecule has 0 saturated carbocycles. The zero-order chi connectivity index (χ0) is 12.8. The minimum atomic E-state index is 0.0516. The molecular weight excluding hydrogens is 266 g/mol. The number of hydrogen-bond acceptors (Lipinski definition) is 5. The van der Waals surface area contributed by atoms with Crippen LogP contribution in [-0.2, 0) is 4.79 Å². The van der Waals surface area contributed by atoms with E-state index in [9.17, 15) is 4.79 Å². The van der Waals surface area contributed by atoms with E-state index in [1.165, 1.54) is 11.3 Å². The van der Waals surface area contributed by atoms with E-state index in [1.54, 1.807) is 11.8 Å². The summed E-state index contributed by atoms with van der Waals surface area (Å²) in [7, 11) is 0. The second kappa shape index (κ2) is 6.70. The molecule has 1 heterocycles. The molecule has 0 bridgehead atoms. The van der Waals surface area contributed by atoms with E-state index in [1.807, 2.05) is 6.08 Å². The number of carbonyl (C=O) groups excluding carboxylic acids is 1.